The lowest BCUT2D eigenvalue weighted by molar-refractivity contribution is 0.0317. The van der Waals surface area contributed by atoms with Crippen molar-refractivity contribution in [1.29, 1.82) is 0 Å². The Morgan fingerprint density at radius 1 is 1.26 bits per heavy atom. The summed E-state index contributed by atoms with van der Waals surface area (Å²) in [6, 6.07) is 7.92. The van der Waals surface area contributed by atoms with Crippen LogP contribution in [0, 0.1) is 0 Å². The molecule has 0 unspecified atom stereocenters. The number of piperidine rings is 1. The fraction of sp³-hybridized carbons (Fsp3) is 0.562. The zero-order chi connectivity index (χ0) is 13.5. The minimum Gasteiger partial charge on any atom is -0.370 e. The highest BCUT2D eigenvalue weighted by molar-refractivity contribution is 5.97. The molecule has 0 atom stereocenters. The van der Waals surface area contributed by atoms with Crippen molar-refractivity contribution < 1.29 is 9.53 Å². The SMILES string of the molecule is CCCc1ccc(C(=O)COC2CCNCC2)cc1. The smallest absolute Gasteiger partial charge is 0.188 e. The predicted octanol–water partition coefficient (Wildman–Crippen LogP) is 2.59. The van der Waals surface area contributed by atoms with E-state index in [1.54, 1.807) is 0 Å². The summed E-state index contributed by atoms with van der Waals surface area (Å²) in [4.78, 5) is 12.0. The first kappa shape index (κ1) is 14.2. The first-order valence-electron chi connectivity index (χ1n) is 7.24. The van der Waals surface area contributed by atoms with E-state index in [2.05, 4.69) is 12.2 Å². The van der Waals surface area contributed by atoms with Crippen LogP contribution in [0.2, 0.25) is 0 Å². The van der Waals surface area contributed by atoms with E-state index in [4.69, 9.17) is 4.74 Å². The van der Waals surface area contributed by atoms with Gasteiger partial charge < -0.3 is 10.1 Å². The van der Waals surface area contributed by atoms with Crippen molar-refractivity contribution in [1.82, 2.24) is 5.32 Å². The van der Waals surface area contributed by atoms with Crippen LogP contribution in [0.1, 0.15) is 42.1 Å². The van der Waals surface area contributed by atoms with E-state index in [1.807, 2.05) is 24.3 Å². The molecule has 2 rings (SSSR count). The van der Waals surface area contributed by atoms with Gasteiger partial charge in [-0.25, -0.2) is 0 Å². The zero-order valence-electron chi connectivity index (χ0n) is 11.7. The lowest BCUT2D eigenvalue weighted by Gasteiger charge is -2.22. The van der Waals surface area contributed by atoms with Gasteiger partial charge in [-0.05, 0) is 37.9 Å². The number of carbonyl (C=O) groups is 1. The second kappa shape index (κ2) is 7.41. The molecule has 0 amide bonds. The quantitative estimate of drug-likeness (QED) is 0.800. The molecule has 104 valence electrons. The Morgan fingerprint density at radius 3 is 2.58 bits per heavy atom. The van der Waals surface area contributed by atoms with E-state index in [0.29, 0.717) is 0 Å². The van der Waals surface area contributed by atoms with Crippen LogP contribution in [0.5, 0.6) is 0 Å². The molecule has 1 fully saturated rings. The Kier molecular flexibility index (Phi) is 5.55. The summed E-state index contributed by atoms with van der Waals surface area (Å²) in [5.74, 6) is 0.0848. The van der Waals surface area contributed by atoms with E-state index in [9.17, 15) is 4.79 Å². The first-order valence-corrected chi connectivity index (χ1v) is 7.24. The molecule has 0 spiro atoms. The fourth-order valence-electron chi connectivity index (χ4n) is 2.38. The van der Waals surface area contributed by atoms with E-state index >= 15 is 0 Å². The normalized spacial score (nSPS) is 16.5. The number of rotatable bonds is 6. The first-order chi connectivity index (χ1) is 9.29. The maximum Gasteiger partial charge on any atom is 0.188 e. The second-order valence-corrected chi connectivity index (χ2v) is 5.13. The predicted molar refractivity (Wildman–Crippen MR) is 76.6 cm³/mol. The van der Waals surface area contributed by atoms with Crippen LogP contribution in [0.4, 0.5) is 0 Å². The van der Waals surface area contributed by atoms with Crippen LogP contribution in [-0.4, -0.2) is 31.6 Å². The van der Waals surface area contributed by atoms with Gasteiger partial charge in [0.2, 0.25) is 0 Å². The van der Waals surface area contributed by atoms with Gasteiger partial charge in [-0.2, -0.15) is 0 Å². The van der Waals surface area contributed by atoms with Gasteiger partial charge in [0.05, 0.1) is 6.10 Å². The number of carbonyl (C=O) groups excluding carboxylic acids is 1. The fourth-order valence-corrected chi connectivity index (χ4v) is 2.38. The molecule has 0 bridgehead atoms. The number of ether oxygens (including phenoxy) is 1. The standard InChI is InChI=1S/C16H23NO2/c1-2-3-13-4-6-14(7-5-13)16(18)12-19-15-8-10-17-11-9-15/h4-7,15,17H,2-3,8-12H2,1H3. The average Bonchev–Trinajstić information content (AvgIpc) is 2.47. The molecule has 1 aliphatic rings. The summed E-state index contributed by atoms with van der Waals surface area (Å²) in [6.07, 6.45) is 4.45. The molecule has 1 aromatic rings. The third kappa shape index (κ3) is 4.44. The molecule has 1 N–H and O–H groups in total. The molecule has 3 heteroatoms. The van der Waals surface area contributed by atoms with Gasteiger partial charge in [-0.15, -0.1) is 0 Å². The molecule has 1 aliphatic heterocycles. The number of hydrogen-bond acceptors (Lipinski definition) is 3. The summed E-state index contributed by atoms with van der Waals surface area (Å²) in [5.41, 5.74) is 2.05. The number of benzene rings is 1. The van der Waals surface area contributed by atoms with Gasteiger partial charge in [0.25, 0.3) is 0 Å². The number of ketones is 1. The van der Waals surface area contributed by atoms with Crippen LogP contribution >= 0.6 is 0 Å². The Balaban J connectivity index is 1.81. The topological polar surface area (TPSA) is 38.3 Å². The molecule has 0 radical (unpaired) electrons. The third-order valence-corrected chi connectivity index (χ3v) is 3.55. The summed E-state index contributed by atoms with van der Waals surface area (Å²) in [6.45, 7) is 4.35. The van der Waals surface area contributed by atoms with Crippen LogP contribution in [0.3, 0.4) is 0 Å². The lowest BCUT2D eigenvalue weighted by Crippen LogP contribution is -2.33. The van der Waals surface area contributed by atoms with E-state index in [-0.39, 0.29) is 18.5 Å². The minimum absolute atomic E-state index is 0.0848. The largest absolute Gasteiger partial charge is 0.370 e. The monoisotopic (exact) mass is 261 g/mol. The molecule has 19 heavy (non-hydrogen) atoms. The minimum atomic E-state index is 0.0848. The molecule has 1 heterocycles. The van der Waals surface area contributed by atoms with Gasteiger partial charge >= 0.3 is 0 Å². The van der Waals surface area contributed by atoms with Gasteiger partial charge in [0.1, 0.15) is 6.61 Å². The lowest BCUT2D eigenvalue weighted by atomic mass is 10.1. The van der Waals surface area contributed by atoms with Crippen molar-refractivity contribution in [2.75, 3.05) is 19.7 Å². The number of nitrogens with one attached hydrogen (secondary N) is 1. The van der Waals surface area contributed by atoms with Crippen LogP contribution in [-0.2, 0) is 11.2 Å². The highest BCUT2D eigenvalue weighted by Gasteiger charge is 2.15. The number of Topliss-reactive ketones (excluding diaryl/α,β-unsaturated/α-hetero) is 1. The van der Waals surface area contributed by atoms with Crippen LogP contribution < -0.4 is 5.32 Å². The van der Waals surface area contributed by atoms with Gasteiger partial charge in [0.15, 0.2) is 5.78 Å². The highest BCUT2D eigenvalue weighted by Crippen LogP contribution is 2.10. The maximum absolute atomic E-state index is 12.0. The van der Waals surface area contributed by atoms with Crippen LogP contribution in [0.25, 0.3) is 0 Å². The summed E-state index contributed by atoms with van der Waals surface area (Å²) >= 11 is 0. The number of hydrogen-bond donors (Lipinski definition) is 1. The van der Waals surface area contributed by atoms with Gasteiger partial charge in [-0.3, -0.25) is 4.79 Å². The Morgan fingerprint density at radius 2 is 1.95 bits per heavy atom. The molecule has 1 saturated heterocycles. The Bertz CT molecular complexity index is 394. The summed E-state index contributed by atoms with van der Waals surface area (Å²) < 4.78 is 5.69. The second-order valence-electron chi connectivity index (χ2n) is 5.13. The van der Waals surface area contributed by atoms with Gasteiger partial charge in [-0.1, -0.05) is 37.6 Å². The van der Waals surface area contributed by atoms with E-state index in [0.717, 1.165) is 44.3 Å². The molecule has 0 aliphatic carbocycles. The summed E-state index contributed by atoms with van der Waals surface area (Å²) in [7, 11) is 0. The van der Waals surface area contributed by atoms with Gasteiger partial charge in [0, 0.05) is 5.56 Å². The van der Waals surface area contributed by atoms with Crippen molar-refractivity contribution in [3.8, 4) is 0 Å². The zero-order valence-corrected chi connectivity index (χ0v) is 11.7. The molecule has 0 saturated carbocycles. The molecular weight excluding hydrogens is 238 g/mol. The average molecular weight is 261 g/mol. The van der Waals surface area contributed by atoms with Crippen molar-refractivity contribution >= 4 is 5.78 Å². The maximum atomic E-state index is 12.0. The van der Waals surface area contributed by atoms with Crippen molar-refractivity contribution in [2.45, 2.75) is 38.7 Å². The molecule has 3 nitrogen and oxygen atoms in total. The number of aryl methyl sites for hydroxylation is 1. The molecule has 0 aromatic heterocycles. The Hall–Kier alpha value is -1.19. The van der Waals surface area contributed by atoms with E-state index < -0.39 is 0 Å². The summed E-state index contributed by atoms with van der Waals surface area (Å²) in [5, 5.41) is 3.29. The van der Waals surface area contributed by atoms with Crippen molar-refractivity contribution in [3.63, 3.8) is 0 Å². The van der Waals surface area contributed by atoms with E-state index in [1.165, 1.54) is 5.56 Å². The van der Waals surface area contributed by atoms with Crippen molar-refractivity contribution in [2.24, 2.45) is 0 Å². The highest BCUT2D eigenvalue weighted by atomic mass is 16.5. The third-order valence-electron chi connectivity index (χ3n) is 3.55. The molecular formula is C16H23NO2. The molecule has 1 aromatic carbocycles. The Labute approximate surface area is 115 Å². The van der Waals surface area contributed by atoms with Crippen molar-refractivity contribution in [3.05, 3.63) is 35.4 Å². The van der Waals surface area contributed by atoms with Crippen LogP contribution in [0.15, 0.2) is 24.3 Å².